The fraction of sp³-hybridized carbons (Fsp3) is 0.176. The Hall–Kier alpha value is -3.02. The third-order valence-electron chi connectivity index (χ3n) is 3.30. The molecule has 0 aromatic heterocycles. The van der Waals surface area contributed by atoms with Crippen LogP contribution in [0.5, 0.6) is 11.5 Å². The second-order valence-electron chi connectivity index (χ2n) is 4.72. The van der Waals surface area contributed by atoms with Crippen molar-refractivity contribution in [2.24, 2.45) is 0 Å². The molecule has 0 saturated heterocycles. The van der Waals surface area contributed by atoms with E-state index in [1.165, 1.54) is 19.1 Å². The van der Waals surface area contributed by atoms with E-state index in [2.05, 4.69) is 5.32 Å². The first-order valence-electron chi connectivity index (χ1n) is 6.93. The quantitative estimate of drug-likeness (QED) is 0.879. The minimum Gasteiger partial charge on any atom is -0.497 e. The molecule has 0 atom stereocenters. The van der Waals surface area contributed by atoms with Crippen LogP contribution in [-0.4, -0.2) is 33.1 Å². The van der Waals surface area contributed by atoms with E-state index in [0.717, 1.165) is 0 Å². The van der Waals surface area contributed by atoms with Crippen LogP contribution in [0, 0.1) is 0 Å². The summed E-state index contributed by atoms with van der Waals surface area (Å²) < 4.78 is 10.3. The lowest BCUT2D eigenvalue weighted by atomic mass is 10.2. The first-order chi connectivity index (χ1) is 11.1. The van der Waals surface area contributed by atoms with E-state index in [9.17, 15) is 9.59 Å². The van der Waals surface area contributed by atoms with Crippen LogP contribution in [0.1, 0.15) is 0 Å². The summed E-state index contributed by atoms with van der Waals surface area (Å²) in [5, 5.41) is 2.55. The van der Waals surface area contributed by atoms with E-state index in [1.54, 1.807) is 49.5 Å². The number of anilines is 2. The molecule has 0 aliphatic heterocycles. The Balaban J connectivity index is 2.14. The van der Waals surface area contributed by atoms with E-state index in [1.807, 2.05) is 6.07 Å². The van der Waals surface area contributed by atoms with Gasteiger partial charge in [0.15, 0.2) is 0 Å². The fourth-order valence-corrected chi connectivity index (χ4v) is 2.00. The number of benzene rings is 2. The third kappa shape index (κ3) is 3.79. The number of likely N-dealkylation sites (N-methyl/N-ethyl adjacent to an activating group) is 1. The molecule has 120 valence electrons. The predicted molar refractivity (Wildman–Crippen MR) is 88.0 cm³/mol. The van der Waals surface area contributed by atoms with Gasteiger partial charge in [-0.05, 0) is 24.3 Å². The van der Waals surface area contributed by atoms with Gasteiger partial charge in [-0.1, -0.05) is 18.2 Å². The molecule has 6 heteroatoms. The number of ether oxygens (including phenoxy) is 2. The molecule has 2 rings (SSSR count). The molecule has 2 amide bonds. The summed E-state index contributed by atoms with van der Waals surface area (Å²) in [6.45, 7) is 0. The number of methoxy groups -OCH3 is 2. The smallest absolute Gasteiger partial charge is 0.316 e. The van der Waals surface area contributed by atoms with E-state index in [-0.39, 0.29) is 0 Å². The topological polar surface area (TPSA) is 67.9 Å². The maximum atomic E-state index is 12.2. The molecule has 0 aliphatic carbocycles. The number of amides is 2. The molecule has 0 bridgehead atoms. The van der Waals surface area contributed by atoms with Crippen molar-refractivity contribution in [3.8, 4) is 11.5 Å². The summed E-state index contributed by atoms with van der Waals surface area (Å²) in [6.07, 6.45) is 0. The molecule has 2 aromatic carbocycles. The van der Waals surface area contributed by atoms with Crippen molar-refractivity contribution < 1.29 is 19.1 Å². The van der Waals surface area contributed by atoms with E-state index in [4.69, 9.17) is 9.47 Å². The van der Waals surface area contributed by atoms with Crippen molar-refractivity contribution in [1.82, 2.24) is 0 Å². The van der Waals surface area contributed by atoms with Gasteiger partial charge in [0, 0.05) is 18.8 Å². The highest BCUT2D eigenvalue weighted by Gasteiger charge is 2.21. The van der Waals surface area contributed by atoms with E-state index >= 15 is 0 Å². The van der Waals surface area contributed by atoms with Crippen LogP contribution in [-0.2, 0) is 9.59 Å². The Morgan fingerprint density at radius 2 is 1.70 bits per heavy atom. The Kier molecular flexibility index (Phi) is 5.19. The lowest BCUT2D eigenvalue weighted by molar-refractivity contribution is -0.134. The van der Waals surface area contributed by atoms with Crippen LogP contribution < -0.4 is 19.7 Å². The molecule has 0 radical (unpaired) electrons. The van der Waals surface area contributed by atoms with Crippen molar-refractivity contribution >= 4 is 23.2 Å². The van der Waals surface area contributed by atoms with Gasteiger partial charge < -0.3 is 19.7 Å². The zero-order chi connectivity index (χ0) is 16.8. The number of hydrogen-bond donors (Lipinski definition) is 1. The van der Waals surface area contributed by atoms with Crippen molar-refractivity contribution in [3.05, 3.63) is 48.5 Å². The summed E-state index contributed by atoms with van der Waals surface area (Å²) in [5.41, 5.74) is 1.03. The molecule has 1 N–H and O–H groups in total. The number of carbonyl (C=O) groups excluding carboxylic acids is 2. The van der Waals surface area contributed by atoms with Crippen LogP contribution in [0.15, 0.2) is 48.5 Å². The van der Waals surface area contributed by atoms with Gasteiger partial charge in [-0.3, -0.25) is 9.59 Å². The van der Waals surface area contributed by atoms with Crippen LogP contribution in [0.2, 0.25) is 0 Å². The Morgan fingerprint density at radius 1 is 1.00 bits per heavy atom. The largest absolute Gasteiger partial charge is 0.497 e. The standard InChI is InChI=1S/C17H18N2O4/c1-19(12-7-5-4-6-8-12)17(21)16(20)18-14-10-9-13(22-2)11-15(14)23-3/h4-11H,1-3H3,(H,18,20). The lowest BCUT2D eigenvalue weighted by Gasteiger charge is -2.17. The van der Waals surface area contributed by atoms with Crippen LogP contribution in [0.25, 0.3) is 0 Å². The Morgan fingerprint density at radius 3 is 2.30 bits per heavy atom. The van der Waals surface area contributed by atoms with Crippen molar-refractivity contribution in [3.63, 3.8) is 0 Å². The summed E-state index contributed by atoms with van der Waals surface area (Å²) in [4.78, 5) is 25.7. The van der Waals surface area contributed by atoms with Gasteiger partial charge in [0.1, 0.15) is 11.5 Å². The highest BCUT2D eigenvalue weighted by Crippen LogP contribution is 2.29. The fourth-order valence-electron chi connectivity index (χ4n) is 2.00. The number of para-hydroxylation sites is 1. The number of nitrogens with zero attached hydrogens (tertiary/aromatic N) is 1. The van der Waals surface area contributed by atoms with Gasteiger partial charge in [0.2, 0.25) is 0 Å². The first-order valence-corrected chi connectivity index (χ1v) is 6.93. The van der Waals surface area contributed by atoms with Gasteiger partial charge in [0.05, 0.1) is 19.9 Å². The number of carbonyl (C=O) groups is 2. The molecule has 2 aromatic rings. The maximum absolute atomic E-state index is 12.2. The third-order valence-corrected chi connectivity index (χ3v) is 3.30. The molecule has 0 unspecified atom stereocenters. The van der Waals surface area contributed by atoms with Gasteiger partial charge in [-0.25, -0.2) is 0 Å². The first kappa shape index (κ1) is 16.4. The summed E-state index contributed by atoms with van der Waals surface area (Å²) in [6, 6.07) is 13.8. The van der Waals surface area contributed by atoms with Crippen molar-refractivity contribution in [1.29, 1.82) is 0 Å². The average Bonchev–Trinajstić information content (AvgIpc) is 2.61. The Bertz CT molecular complexity index is 701. The predicted octanol–water partition coefficient (Wildman–Crippen LogP) is 2.31. The van der Waals surface area contributed by atoms with Crippen LogP contribution >= 0.6 is 0 Å². The number of rotatable bonds is 4. The summed E-state index contributed by atoms with van der Waals surface area (Å²) in [5.74, 6) is -0.422. The highest BCUT2D eigenvalue weighted by atomic mass is 16.5. The van der Waals surface area contributed by atoms with Gasteiger partial charge in [-0.2, -0.15) is 0 Å². The van der Waals surface area contributed by atoms with Crippen molar-refractivity contribution in [2.75, 3.05) is 31.5 Å². The maximum Gasteiger partial charge on any atom is 0.316 e. The summed E-state index contributed by atoms with van der Waals surface area (Å²) >= 11 is 0. The van der Waals surface area contributed by atoms with Gasteiger partial charge in [0.25, 0.3) is 0 Å². The minimum absolute atomic E-state index is 0.396. The zero-order valence-electron chi connectivity index (χ0n) is 13.2. The van der Waals surface area contributed by atoms with Gasteiger partial charge >= 0.3 is 11.8 Å². The average molecular weight is 314 g/mol. The number of hydrogen-bond acceptors (Lipinski definition) is 4. The normalized spacial score (nSPS) is 9.87. The second-order valence-corrected chi connectivity index (χ2v) is 4.72. The minimum atomic E-state index is -0.750. The number of nitrogens with one attached hydrogen (secondary N) is 1. The van der Waals surface area contributed by atoms with Crippen LogP contribution in [0.3, 0.4) is 0 Å². The molecule has 0 aliphatic rings. The molecule has 0 fully saturated rings. The molecule has 23 heavy (non-hydrogen) atoms. The molecular weight excluding hydrogens is 296 g/mol. The zero-order valence-corrected chi connectivity index (χ0v) is 13.2. The molecule has 6 nitrogen and oxygen atoms in total. The monoisotopic (exact) mass is 314 g/mol. The van der Waals surface area contributed by atoms with E-state index < -0.39 is 11.8 Å². The van der Waals surface area contributed by atoms with Crippen LogP contribution in [0.4, 0.5) is 11.4 Å². The molecule has 0 heterocycles. The summed E-state index contributed by atoms with van der Waals surface area (Å²) in [7, 11) is 4.55. The van der Waals surface area contributed by atoms with E-state index in [0.29, 0.717) is 22.9 Å². The second kappa shape index (κ2) is 7.31. The molecule has 0 saturated carbocycles. The lowest BCUT2D eigenvalue weighted by Crippen LogP contribution is -2.37. The van der Waals surface area contributed by atoms with Gasteiger partial charge in [-0.15, -0.1) is 0 Å². The highest BCUT2D eigenvalue weighted by molar-refractivity contribution is 6.44. The molecular formula is C17H18N2O4. The Labute approximate surface area is 134 Å². The molecule has 0 spiro atoms. The SMILES string of the molecule is COc1ccc(NC(=O)C(=O)N(C)c2ccccc2)c(OC)c1. The van der Waals surface area contributed by atoms with Crippen molar-refractivity contribution in [2.45, 2.75) is 0 Å².